The van der Waals surface area contributed by atoms with E-state index in [4.69, 9.17) is 11.6 Å². The van der Waals surface area contributed by atoms with Crippen LogP contribution in [0.5, 0.6) is 0 Å². The molecule has 0 aliphatic carbocycles. The number of nitrogens with zero attached hydrogens (tertiary/aromatic N) is 2. The second-order valence-electron chi connectivity index (χ2n) is 5.12. The molecular weight excluding hydrogens is 380 g/mol. The van der Waals surface area contributed by atoms with Crippen LogP contribution in [0.15, 0.2) is 35.0 Å². The minimum atomic E-state index is -0.278. The normalized spacial score (nSPS) is 10.5. The maximum absolute atomic E-state index is 12.1. The van der Waals surface area contributed by atoms with E-state index >= 15 is 0 Å². The first-order valence-corrected chi connectivity index (χ1v) is 9.36. The molecule has 0 fully saturated rings. The van der Waals surface area contributed by atoms with Gasteiger partial charge in [-0.3, -0.25) is 14.9 Å². The van der Waals surface area contributed by atoms with Crippen molar-refractivity contribution >= 4 is 56.4 Å². The quantitative estimate of drug-likeness (QED) is 0.687. The molecule has 0 radical (unpaired) electrons. The number of thiazole rings is 2. The molecule has 0 unspecified atom stereocenters. The lowest BCUT2D eigenvalue weighted by Crippen LogP contribution is -2.15. The third kappa shape index (κ3) is 4.85. The number of hydrogen-bond donors (Lipinski definition) is 2. The third-order valence-corrected chi connectivity index (χ3v) is 5.02. The van der Waals surface area contributed by atoms with Gasteiger partial charge in [-0.15, -0.1) is 22.7 Å². The number of hydrogen-bond acceptors (Lipinski definition) is 6. The average molecular weight is 393 g/mol. The van der Waals surface area contributed by atoms with Gasteiger partial charge in [0.25, 0.3) is 5.91 Å². The predicted molar refractivity (Wildman–Crippen MR) is 101 cm³/mol. The summed E-state index contributed by atoms with van der Waals surface area (Å²) in [5.41, 5.74) is 1.93. The number of nitrogens with one attached hydrogen (secondary N) is 2. The Balaban J connectivity index is 1.57. The lowest BCUT2D eigenvalue weighted by Gasteiger charge is -2.01. The maximum Gasteiger partial charge on any atom is 0.257 e. The Hall–Kier alpha value is -2.29. The summed E-state index contributed by atoms with van der Waals surface area (Å²) in [5, 5.41) is 10.6. The average Bonchev–Trinajstić information content (AvgIpc) is 3.17. The largest absolute Gasteiger partial charge is 0.302 e. The zero-order valence-corrected chi connectivity index (χ0v) is 15.5. The number of anilines is 2. The Morgan fingerprint density at radius 3 is 2.40 bits per heavy atom. The van der Waals surface area contributed by atoms with Gasteiger partial charge in [-0.05, 0) is 31.2 Å². The van der Waals surface area contributed by atoms with E-state index in [0.717, 1.165) is 5.69 Å². The van der Waals surface area contributed by atoms with E-state index in [-0.39, 0.29) is 18.2 Å². The van der Waals surface area contributed by atoms with Crippen LogP contribution in [0.1, 0.15) is 21.7 Å². The first-order valence-electron chi connectivity index (χ1n) is 7.23. The number of halogens is 1. The number of aromatic nitrogens is 2. The molecule has 9 heteroatoms. The molecule has 2 aromatic heterocycles. The van der Waals surface area contributed by atoms with E-state index in [1.165, 1.54) is 22.7 Å². The number of carbonyl (C=O) groups excluding carboxylic acids is 2. The summed E-state index contributed by atoms with van der Waals surface area (Å²) in [6.45, 7) is 1.86. The van der Waals surface area contributed by atoms with Crippen LogP contribution in [-0.4, -0.2) is 21.8 Å². The fourth-order valence-electron chi connectivity index (χ4n) is 1.96. The molecule has 0 saturated heterocycles. The molecule has 0 aliphatic heterocycles. The van der Waals surface area contributed by atoms with Gasteiger partial charge in [-0.1, -0.05) is 11.6 Å². The Morgan fingerprint density at radius 1 is 1.04 bits per heavy atom. The van der Waals surface area contributed by atoms with Crippen molar-refractivity contribution in [3.63, 3.8) is 0 Å². The molecule has 1 aromatic carbocycles. The molecule has 0 atom stereocenters. The first kappa shape index (κ1) is 17.5. The fraction of sp³-hybridized carbons (Fsp3) is 0.125. The lowest BCUT2D eigenvalue weighted by molar-refractivity contribution is -0.115. The van der Waals surface area contributed by atoms with Crippen molar-refractivity contribution in [3.05, 3.63) is 57.0 Å². The van der Waals surface area contributed by atoms with E-state index in [1.807, 2.05) is 12.3 Å². The van der Waals surface area contributed by atoms with Gasteiger partial charge in [0.15, 0.2) is 10.3 Å². The topological polar surface area (TPSA) is 84.0 Å². The SMILES string of the molecule is Cc1csc(NC(=O)Cc2csc(NC(=O)c3ccc(Cl)cc3)n2)n1. The summed E-state index contributed by atoms with van der Waals surface area (Å²) >= 11 is 8.44. The van der Waals surface area contributed by atoms with Crippen LogP contribution in [0.4, 0.5) is 10.3 Å². The lowest BCUT2D eigenvalue weighted by atomic mass is 10.2. The smallest absolute Gasteiger partial charge is 0.257 e. The zero-order valence-electron chi connectivity index (χ0n) is 13.1. The summed E-state index contributed by atoms with van der Waals surface area (Å²) in [6, 6.07) is 6.56. The molecule has 2 N–H and O–H groups in total. The van der Waals surface area contributed by atoms with Crippen molar-refractivity contribution in [3.8, 4) is 0 Å². The second kappa shape index (κ2) is 7.73. The van der Waals surface area contributed by atoms with Crippen molar-refractivity contribution in [2.45, 2.75) is 13.3 Å². The summed E-state index contributed by atoms with van der Waals surface area (Å²) in [7, 11) is 0. The molecule has 0 aliphatic rings. The van der Waals surface area contributed by atoms with E-state index < -0.39 is 0 Å². The molecule has 25 heavy (non-hydrogen) atoms. The Kier molecular flexibility index (Phi) is 5.42. The highest BCUT2D eigenvalue weighted by atomic mass is 35.5. The molecular formula is C16H13ClN4O2S2. The van der Waals surface area contributed by atoms with Crippen molar-refractivity contribution in [1.29, 1.82) is 0 Å². The van der Waals surface area contributed by atoms with E-state index in [1.54, 1.807) is 29.6 Å². The van der Waals surface area contributed by atoms with Crippen LogP contribution in [0.25, 0.3) is 0 Å². The van der Waals surface area contributed by atoms with Gasteiger partial charge in [0, 0.05) is 21.3 Å². The standard InChI is InChI=1S/C16H13ClN4O2S2/c1-9-7-24-15(18-9)20-13(22)6-12-8-25-16(19-12)21-14(23)10-2-4-11(17)5-3-10/h2-5,7-8H,6H2,1H3,(H,18,20,22)(H,19,21,23). The minimum Gasteiger partial charge on any atom is -0.302 e. The summed E-state index contributed by atoms with van der Waals surface area (Å²) in [6.07, 6.45) is 0.117. The van der Waals surface area contributed by atoms with E-state index in [0.29, 0.717) is 26.5 Å². The number of amides is 2. The van der Waals surface area contributed by atoms with E-state index in [9.17, 15) is 9.59 Å². The maximum atomic E-state index is 12.1. The number of carbonyl (C=O) groups is 2. The number of aryl methyl sites for hydroxylation is 1. The molecule has 6 nitrogen and oxygen atoms in total. The molecule has 0 saturated carbocycles. The van der Waals surface area contributed by atoms with Crippen LogP contribution in [-0.2, 0) is 11.2 Å². The van der Waals surface area contributed by atoms with Crippen LogP contribution in [0, 0.1) is 6.92 Å². The predicted octanol–water partition coefficient (Wildman–Crippen LogP) is 3.99. The van der Waals surface area contributed by atoms with Crippen LogP contribution >= 0.6 is 34.3 Å². The van der Waals surface area contributed by atoms with Crippen molar-refractivity contribution in [2.75, 3.05) is 10.6 Å². The molecule has 3 aromatic rings. The van der Waals surface area contributed by atoms with Crippen LogP contribution < -0.4 is 10.6 Å². The molecule has 128 valence electrons. The second-order valence-corrected chi connectivity index (χ2v) is 7.28. The van der Waals surface area contributed by atoms with Gasteiger partial charge in [0.2, 0.25) is 5.91 Å². The summed E-state index contributed by atoms with van der Waals surface area (Å²) in [5.74, 6) is -0.476. The van der Waals surface area contributed by atoms with E-state index in [2.05, 4.69) is 20.6 Å². The van der Waals surface area contributed by atoms with Gasteiger partial charge in [-0.25, -0.2) is 9.97 Å². The van der Waals surface area contributed by atoms with Crippen molar-refractivity contribution in [2.24, 2.45) is 0 Å². The van der Waals surface area contributed by atoms with Gasteiger partial charge in [0.1, 0.15) is 0 Å². The van der Waals surface area contributed by atoms with Crippen molar-refractivity contribution in [1.82, 2.24) is 9.97 Å². The van der Waals surface area contributed by atoms with Gasteiger partial charge in [-0.2, -0.15) is 0 Å². The van der Waals surface area contributed by atoms with Gasteiger partial charge < -0.3 is 5.32 Å². The Bertz CT molecular complexity index is 905. The number of rotatable bonds is 5. The molecule has 2 heterocycles. The summed E-state index contributed by atoms with van der Waals surface area (Å²) in [4.78, 5) is 32.6. The molecule has 3 rings (SSSR count). The third-order valence-electron chi connectivity index (χ3n) is 3.09. The highest BCUT2D eigenvalue weighted by Gasteiger charge is 2.12. The highest BCUT2D eigenvalue weighted by molar-refractivity contribution is 7.14. The zero-order chi connectivity index (χ0) is 17.8. The first-order chi connectivity index (χ1) is 12.0. The van der Waals surface area contributed by atoms with Crippen molar-refractivity contribution < 1.29 is 9.59 Å². The summed E-state index contributed by atoms with van der Waals surface area (Å²) < 4.78 is 0. The number of benzene rings is 1. The Morgan fingerprint density at radius 2 is 1.72 bits per heavy atom. The van der Waals surface area contributed by atoms with Gasteiger partial charge >= 0.3 is 0 Å². The van der Waals surface area contributed by atoms with Crippen LogP contribution in [0.2, 0.25) is 5.02 Å². The minimum absolute atomic E-state index is 0.117. The highest BCUT2D eigenvalue weighted by Crippen LogP contribution is 2.19. The molecule has 2 amide bonds. The molecule has 0 bridgehead atoms. The molecule has 0 spiro atoms. The fourth-order valence-corrected chi connectivity index (χ4v) is 3.49. The monoisotopic (exact) mass is 392 g/mol. The van der Waals surface area contributed by atoms with Gasteiger partial charge in [0.05, 0.1) is 17.8 Å². The Labute approximate surface area is 156 Å². The van der Waals surface area contributed by atoms with Crippen LogP contribution in [0.3, 0.4) is 0 Å².